The lowest BCUT2D eigenvalue weighted by molar-refractivity contribution is -0.121. The molecular formula is C21H27N3O3S. The van der Waals surface area contributed by atoms with E-state index in [-0.39, 0.29) is 19.0 Å². The summed E-state index contributed by atoms with van der Waals surface area (Å²) in [6, 6.07) is 17.7. The summed E-state index contributed by atoms with van der Waals surface area (Å²) in [5.74, 6) is -0.275. The van der Waals surface area contributed by atoms with Gasteiger partial charge in [0.25, 0.3) is 0 Å². The Morgan fingerprint density at radius 3 is 2.57 bits per heavy atom. The molecular weight excluding hydrogens is 374 g/mol. The number of para-hydroxylation sites is 1. The van der Waals surface area contributed by atoms with Crippen molar-refractivity contribution < 1.29 is 13.2 Å². The Kier molecular flexibility index (Phi) is 6.70. The molecule has 0 saturated heterocycles. The van der Waals surface area contributed by atoms with E-state index in [0.717, 1.165) is 37.8 Å². The molecule has 7 heteroatoms. The highest BCUT2D eigenvalue weighted by Crippen LogP contribution is 2.27. The molecule has 1 amide bonds. The van der Waals surface area contributed by atoms with E-state index < -0.39 is 10.0 Å². The van der Waals surface area contributed by atoms with Crippen molar-refractivity contribution >= 4 is 21.6 Å². The van der Waals surface area contributed by atoms with Crippen LogP contribution in [0.1, 0.15) is 17.5 Å². The zero-order valence-electron chi connectivity index (χ0n) is 16.2. The van der Waals surface area contributed by atoms with Gasteiger partial charge in [0.2, 0.25) is 15.9 Å². The molecule has 2 aromatic carbocycles. The predicted octanol–water partition coefficient (Wildman–Crippen LogP) is 2.02. The second-order valence-corrected chi connectivity index (χ2v) is 9.07. The number of sulfonamides is 1. The Labute approximate surface area is 167 Å². The van der Waals surface area contributed by atoms with Crippen LogP contribution < -0.4 is 10.2 Å². The lowest BCUT2D eigenvalue weighted by atomic mass is 10.2. The van der Waals surface area contributed by atoms with Crippen molar-refractivity contribution in [2.75, 3.05) is 37.3 Å². The average molecular weight is 402 g/mol. The van der Waals surface area contributed by atoms with E-state index in [1.54, 1.807) is 0 Å². The van der Waals surface area contributed by atoms with Crippen molar-refractivity contribution in [3.63, 3.8) is 0 Å². The largest absolute Gasteiger partial charge is 0.371 e. The van der Waals surface area contributed by atoms with Crippen LogP contribution in [0.4, 0.5) is 5.69 Å². The van der Waals surface area contributed by atoms with Crippen molar-refractivity contribution in [1.29, 1.82) is 0 Å². The van der Waals surface area contributed by atoms with Gasteiger partial charge in [-0.2, -0.15) is 4.31 Å². The number of nitrogens with one attached hydrogen (secondary N) is 1. The van der Waals surface area contributed by atoms with Crippen molar-refractivity contribution in [2.45, 2.75) is 19.4 Å². The number of rotatable bonds is 9. The molecule has 3 rings (SSSR count). The standard InChI is InChI=1S/C21H27N3O3S/c1-28(26,27)24(16-18-8-3-2-4-9-18)17-21(25)22-13-7-14-23-15-12-19-10-5-6-11-20(19)23/h2-6,8-11H,7,12-17H2,1H3,(H,22,25). The van der Waals surface area contributed by atoms with Gasteiger partial charge in [-0.25, -0.2) is 8.42 Å². The Balaban J connectivity index is 1.45. The van der Waals surface area contributed by atoms with E-state index >= 15 is 0 Å². The molecule has 0 bridgehead atoms. The van der Waals surface area contributed by atoms with Crippen LogP contribution in [0.25, 0.3) is 0 Å². The Morgan fingerprint density at radius 1 is 1.11 bits per heavy atom. The van der Waals surface area contributed by atoms with E-state index in [4.69, 9.17) is 0 Å². The first-order valence-corrected chi connectivity index (χ1v) is 11.4. The van der Waals surface area contributed by atoms with Crippen LogP contribution in [0.15, 0.2) is 54.6 Å². The highest BCUT2D eigenvalue weighted by molar-refractivity contribution is 7.88. The second-order valence-electron chi connectivity index (χ2n) is 7.09. The van der Waals surface area contributed by atoms with Gasteiger partial charge in [0.15, 0.2) is 0 Å². The highest BCUT2D eigenvalue weighted by atomic mass is 32.2. The minimum absolute atomic E-state index is 0.166. The smallest absolute Gasteiger partial charge is 0.235 e. The van der Waals surface area contributed by atoms with E-state index in [1.165, 1.54) is 15.6 Å². The maximum absolute atomic E-state index is 12.3. The van der Waals surface area contributed by atoms with Gasteiger partial charge in [-0.05, 0) is 30.0 Å². The third-order valence-corrected chi connectivity index (χ3v) is 6.10. The predicted molar refractivity (Wildman–Crippen MR) is 112 cm³/mol. The summed E-state index contributed by atoms with van der Waals surface area (Å²) in [6.07, 6.45) is 3.01. The molecule has 150 valence electrons. The molecule has 0 aliphatic carbocycles. The van der Waals surface area contributed by atoms with Crippen molar-refractivity contribution in [3.8, 4) is 0 Å². The topological polar surface area (TPSA) is 69.7 Å². The normalized spacial score (nSPS) is 13.6. The van der Waals surface area contributed by atoms with Crippen molar-refractivity contribution in [2.24, 2.45) is 0 Å². The molecule has 0 radical (unpaired) electrons. The Morgan fingerprint density at radius 2 is 1.82 bits per heavy atom. The molecule has 28 heavy (non-hydrogen) atoms. The molecule has 0 atom stereocenters. The Bertz CT molecular complexity index is 900. The van der Waals surface area contributed by atoms with Crippen LogP contribution in [-0.4, -0.2) is 51.1 Å². The fourth-order valence-corrected chi connectivity index (χ4v) is 4.17. The van der Waals surface area contributed by atoms with Gasteiger partial charge in [-0.15, -0.1) is 0 Å². The maximum Gasteiger partial charge on any atom is 0.235 e. The van der Waals surface area contributed by atoms with Gasteiger partial charge in [0.05, 0.1) is 12.8 Å². The van der Waals surface area contributed by atoms with E-state index in [0.29, 0.717) is 6.54 Å². The molecule has 0 unspecified atom stereocenters. The molecule has 0 saturated carbocycles. The lowest BCUT2D eigenvalue weighted by Crippen LogP contribution is -2.40. The van der Waals surface area contributed by atoms with Gasteiger partial charge in [-0.3, -0.25) is 4.79 Å². The molecule has 0 spiro atoms. The number of amides is 1. The number of nitrogens with zero attached hydrogens (tertiary/aromatic N) is 2. The zero-order chi connectivity index (χ0) is 20.0. The third kappa shape index (κ3) is 5.56. The summed E-state index contributed by atoms with van der Waals surface area (Å²) in [6.45, 7) is 2.43. The fraction of sp³-hybridized carbons (Fsp3) is 0.381. The van der Waals surface area contributed by atoms with E-state index in [9.17, 15) is 13.2 Å². The van der Waals surface area contributed by atoms with Crippen LogP contribution in [0, 0.1) is 0 Å². The molecule has 2 aromatic rings. The average Bonchev–Trinajstić information content (AvgIpc) is 3.08. The van der Waals surface area contributed by atoms with Gasteiger partial charge >= 0.3 is 0 Å². The summed E-state index contributed by atoms with van der Waals surface area (Å²) < 4.78 is 25.3. The van der Waals surface area contributed by atoms with Crippen molar-refractivity contribution in [1.82, 2.24) is 9.62 Å². The molecule has 0 aromatic heterocycles. The quantitative estimate of drug-likeness (QED) is 0.653. The summed E-state index contributed by atoms with van der Waals surface area (Å²) in [4.78, 5) is 14.6. The minimum Gasteiger partial charge on any atom is -0.371 e. The van der Waals surface area contributed by atoms with Crippen LogP contribution in [-0.2, 0) is 27.8 Å². The van der Waals surface area contributed by atoms with Gasteiger partial charge in [0, 0.05) is 31.9 Å². The van der Waals surface area contributed by atoms with Crippen LogP contribution in [0.5, 0.6) is 0 Å². The number of benzene rings is 2. The third-order valence-electron chi connectivity index (χ3n) is 4.90. The molecule has 1 heterocycles. The maximum atomic E-state index is 12.3. The van der Waals surface area contributed by atoms with Gasteiger partial charge in [-0.1, -0.05) is 48.5 Å². The van der Waals surface area contributed by atoms with Crippen LogP contribution >= 0.6 is 0 Å². The number of carbonyl (C=O) groups excluding carboxylic acids is 1. The minimum atomic E-state index is -3.47. The molecule has 0 fully saturated rings. The SMILES string of the molecule is CS(=O)(=O)N(CC(=O)NCCCN1CCc2ccccc21)Cc1ccccc1. The molecule has 1 aliphatic heterocycles. The highest BCUT2D eigenvalue weighted by Gasteiger charge is 2.21. The number of hydrogen-bond acceptors (Lipinski definition) is 4. The van der Waals surface area contributed by atoms with Gasteiger partial charge < -0.3 is 10.2 Å². The summed E-state index contributed by atoms with van der Waals surface area (Å²) >= 11 is 0. The Hall–Kier alpha value is -2.38. The fourth-order valence-electron chi connectivity index (χ4n) is 3.43. The molecule has 6 nitrogen and oxygen atoms in total. The van der Waals surface area contributed by atoms with E-state index in [2.05, 4.69) is 28.4 Å². The number of fused-ring (bicyclic) bond motifs is 1. The van der Waals surface area contributed by atoms with Crippen LogP contribution in [0.3, 0.4) is 0 Å². The number of hydrogen-bond donors (Lipinski definition) is 1. The lowest BCUT2D eigenvalue weighted by Gasteiger charge is -2.21. The van der Waals surface area contributed by atoms with Gasteiger partial charge in [0.1, 0.15) is 0 Å². The van der Waals surface area contributed by atoms with Crippen LogP contribution in [0.2, 0.25) is 0 Å². The first-order valence-electron chi connectivity index (χ1n) is 9.52. The van der Waals surface area contributed by atoms with Crippen molar-refractivity contribution in [3.05, 3.63) is 65.7 Å². The zero-order valence-corrected chi connectivity index (χ0v) is 17.0. The summed E-state index contributed by atoms with van der Waals surface area (Å²) in [7, 11) is -3.47. The summed E-state index contributed by atoms with van der Waals surface area (Å²) in [5, 5.41) is 2.85. The first-order chi connectivity index (χ1) is 13.4. The first kappa shape index (κ1) is 20.4. The molecule has 1 N–H and O–H groups in total. The monoisotopic (exact) mass is 401 g/mol. The summed E-state index contributed by atoms with van der Waals surface area (Å²) in [5.41, 5.74) is 3.50. The van der Waals surface area contributed by atoms with E-state index in [1.807, 2.05) is 36.4 Å². The number of anilines is 1. The number of carbonyl (C=O) groups is 1. The molecule has 1 aliphatic rings. The second kappa shape index (κ2) is 9.21.